The number of anilines is 1. The molecule has 0 aliphatic carbocycles. The third-order valence-electron chi connectivity index (χ3n) is 4.56. The maximum Gasteiger partial charge on any atom is 0.296 e. The highest BCUT2D eigenvalue weighted by Crippen LogP contribution is 2.33. The molecule has 0 saturated heterocycles. The minimum Gasteiger partial charge on any atom is -0.500 e. The van der Waals surface area contributed by atoms with Crippen LogP contribution in [0.5, 0.6) is 11.5 Å². The molecule has 2 N–H and O–H groups in total. The molecule has 0 aliphatic rings. The lowest BCUT2D eigenvalue weighted by molar-refractivity contribution is -0.111. The standard InChI is InChI=1S/C23H24N2O4/c1-3-4-14-29-22-18-12-11-17(15-19(18)25(2)23(28)21(22)27)24-20(26)13-10-16-8-6-5-7-9-16/h5-13,15,27H,3-4,14H2,1-2H3,(H,24,26). The molecule has 0 aliphatic heterocycles. The van der Waals surface area contributed by atoms with Crippen molar-refractivity contribution < 1.29 is 14.6 Å². The molecule has 0 unspecified atom stereocenters. The van der Waals surface area contributed by atoms with Gasteiger partial charge in [-0.2, -0.15) is 0 Å². The number of unbranched alkanes of at least 4 members (excludes halogenated alkanes) is 1. The maximum absolute atomic E-state index is 12.4. The van der Waals surface area contributed by atoms with E-state index in [-0.39, 0.29) is 11.7 Å². The largest absolute Gasteiger partial charge is 0.500 e. The highest BCUT2D eigenvalue weighted by atomic mass is 16.5. The van der Waals surface area contributed by atoms with Crippen LogP contribution in [0, 0.1) is 0 Å². The van der Waals surface area contributed by atoms with Crippen LogP contribution in [-0.4, -0.2) is 22.2 Å². The summed E-state index contributed by atoms with van der Waals surface area (Å²) in [7, 11) is 1.57. The van der Waals surface area contributed by atoms with E-state index in [9.17, 15) is 14.7 Å². The number of pyridine rings is 1. The number of ether oxygens (including phenoxy) is 1. The lowest BCUT2D eigenvalue weighted by Gasteiger charge is -2.14. The number of aromatic hydroxyl groups is 1. The molecule has 6 heteroatoms. The van der Waals surface area contributed by atoms with Crippen molar-refractivity contribution in [1.82, 2.24) is 4.57 Å². The fourth-order valence-electron chi connectivity index (χ4n) is 2.96. The number of fused-ring (bicyclic) bond motifs is 1. The van der Waals surface area contributed by atoms with Crippen molar-refractivity contribution in [3.8, 4) is 11.5 Å². The predicted octanol–water partition coefficient (Wildman–Crippen LogP) is 4.07. The smallest absolute Gasteiger partial charge is 0.296 e. The highest BCUT2D eigenvalue weighted by Gasteiger charge is 2.16. The van der Waals surface area contributed by atoms with Gasteiger partial charge in [0.25, 0.3) is 5.56 Å². The molecule has 150 valence electrons. The molecule has 1 heterocycles. The summed E-state index contributed by atoms with van der Waals surface area (Å²) in [6.07, 6.45) is 4.94. The fraction of sp³-hybridized carbons (Fsp3) is 0.217. The number of nitrogens with zero attached hydrogens (tertiary/aromatic N) is 1. The zero-order valence-corrected chi connectivity index (χ0v) is 16.5. The Kier molecular flexibility index (Phi) is 6.34. The van der Waals surface area contributed by atoms with Crippen molar-refractivity contribution in [3.63, 3.8) is 0 Å². The molecule has 3 aromatic rings. The van der Waals surface area contributed by atoms with Crippen molar-refractivity contribution in [2.24, 2.45) is 7.05 Å². The molecule has 2 aromatic carbocycles. The first kappa shape index (κ1) is 20.2. The average molecular weight is 392 g/mol. The SMILES string of the molecule is CCCCOc1c(O)c(=O)n(C)c2cc(NC(=O)C=Cc3ccccc3)ccc12. The van der Waals surface area contributed by atoms with Crippen molar-refractivity contribution in [2.75, 3.05) is 11.9 Å². The Morgan fingerprint density at radius 2 is 1.97 bits per heavy atom. The Balaban J connectivity index is 1.88. The van der Waals surface area contributed by atoms with Crippen LogP contribution in [0.3, 0.4) is 0 Å². The van der Waals surface area contributed by atoms with Gasteiger partial charge in [0.1, 0.15) is 0 Å². The van der Waals surface area contributed by atoms with E-state index in [2.05, 4.69) is 5.32 Å². The molecule has 0 atom stereocenters. The first-order valence-electron chi connectivity index (χ1n) is 9.54. The third kappa shape index (κ3) is 4.66. The number of aromatic nitrogens is 1. The number of amides is 1. The van der Waals surface area contributed by atoms with Gasteiger partial charge >= 0.3 is 0 Å². The van der Waals surface area contributed by atoms with Gasteiger partial charge in [-0.05, 0) is 36.3 Å². The number of carbonyl (C=O) groups is 1. The van der Waals surface area contributed by atoms with Gasteiger partial charge in [-0.1, -0.05) is 43.7 Å². The van der Waals surface area contributed by atoms with Crippen molar-refractivity contribution in [3.05, 3.63) is 70.5 Å². The summed E-state index contributed by atoms with van der Waals surface area (Å²) in [5.74, 6) is -0.506. The quantitative estimate of drug-likeness (QED) is 0.469. The van der Waals surface area contributed by atoms with Crippen LogP contribution in [0.15, 0.2) is 59.4 Å². The third-order valence-corrected chi connectivity index (χ3v) is 4.56. The second-order valence-corrected chi connectivity index (χ2v) is 6.71. The summed E-state index contributed by atoms with van der Waals surface area (Å²) in [6, 6.07) is 14.7. The number of carbonyl (C=O) groups excluding carboxylic acids is 1. The zero-order chi connectivity index (χ0) is 20.8. The van der Waals surface area contributed by atoms with Gasteiger partial charge in [-0.3, -0.25) is 9.59 Å². The molecule has 1 amide bonds. The molecule has 0 bridgehead atoms. The molecule has 0 spiro atoms. The minimum atomic E-state index is -0.545. The monoisotopic (exact) mass is 392 g/mol. The van der Waals surface area contributed by atoms with Crippen LogP contribution in [0.2, 0.25) is 0 Å². The van der Waals surface area contributed by atoms with Crippen molar-refractivity contribution >= 4 is 28.6 Å². The summed E-state index contributed by atoms with van der Waals surface area (Å²) in [6.45, 7) is 2.45. The Bertz CT molecular complexity index is 1100. The Morgan fingerprint density at radius 1 is 1.21 bits per heavy atom. The van der Waals surface area contributed by atoms with E-state index in [1.807, 2.05) is 37.3 Å². The Morgan fingerprint density at radius 3 is 2.69 bits per heavy atom. The van der Waals surface area contributed by atoms with E-state index in [4.69, 9.17) is 4.74 Å². The van der Waals surface area contributed by atoms with Gasteiger partial charge in [-0.25, -0.2) is 0 Å². The van der Waals surface area contributed by atoms with E-state index in [0.29, 0.717) is 23.2 Å². The van der Waals surface area contributed by atoms with Crippen molar-refractivity contribution in [2.45, 2.75) is 19.8 Å². The van der Waals surface area contributed by atoms with Crippen molar-refractivity contribution in [1.29, 1.82) is 0 Å². The topological polar surface area (TPSA) is 80.6 Å². The fourth-order valence-corrected chi connectivity index (χ4v) is 2.96. The lowest BCUT2D eigenvalue weighted by Crippen LogP contribution is -2.18. The van der Waals surface area contributed by atoms with E-state index < -0.39 is 11.3 Å². The number of nitrogens with one attached hydrogen (secondary N) is 1. The molecule has 29 heavy (non-hydrogen) atoms. The molecular formula is C23H24N2O4. The van der Waals surface area contributed by atoms with Gasteiger partial charge in [0, 0.05) is 24.2 Å². The normalized spacial score (nSPS) is 11.1. The van der Waals surface area contributed by atoms with Crippen LogP contribution in [-0.2, 0) is 11.8 Å². The van der Waals surface area contributed by atoms with Gasteiger partial charge in [0.15, 0.2) is 5.75 Å². The predicted molar refractivity (Wildman–Crippen MR) is 115 cm³/mol. The maximum atomic E-state index is 12.4. The van der Waals surface area contributed by atoms with Crippen LogP contribution in [0.1, 0.15) is 25.3 Å². The van der Waals surface area contributed by atoms with E-state index in [1.54, 1.807) is 31.3 Å². The zero-order valence-electron chi connectivity index (χ0n) is 16.5. The van der Waals surface area contributed by atoms with Crippen LogP contribution < -0.4 is 15.6 Å². The summed E-state index contributed by atoms with van der Waals surface area (Å²) in [4.78, 5) is 24.6. The number of aryl methyl sites for hydroxylation is 1. The highest BCUT2D eigenvalue weighted by molar-refractivity contribution is 6.03. The second-order valence-electron chi connectivity index (χ2n) is 6.71. The molecule has 0 radical (unpaired) electrons. The van der Waals surface area contributed by atoms with Gasteiger partial charge in [-0.15, -0.1) is 0 Å². The number of hydrogen-bond acceptors (Lipinski definition) is 4. The molecule has 1 aromatic heterocycles. The van der Waals surface area contributed by atoms with E-state index in [1.165, 1.54) is 10.6 Å². The minimum absolute atomic E-state index is 0.179. The molecular weight excluding hydrogens is 368 g/mol. The van der Waals surface area contributed by atoms with E-state index in [0.717, 1.165) is 18.4 Å². The first-order valence-corrected chi connectivity index (χ1v) is 9.54. The Hall–Kier alpha value is -3.54. The molecule has 6 nitrogen and oxygen atoms in total. The van der Waals surface area contributed by atoms with E-state index >= 15 is 0 Å². The molecule has 0 fully saturated rings. The van der Waals surface area contributed by atoms with Crippen LogP contribution in [0.4, 0.5) is 5.69 Å². The summed E-state index contributed by atoms with van der Waals surface area (Å²) in [5.41, 5.74) is 1.48. The molecule has 3 rings (SSSR count). The van der Waals surface area contributed by atoms with Crippen LogP contribution in [0.25, 0.3) is 17.0 Å². The summed E-state index contributed by atoms with van der Waals surface area (Å²) in [5, 5.41) is 13.6. The molecule has 0 saturated carbocycles. The lowest BCUT2D eigenvalue weighted by atomic mass is 10.1. The number of rotatable bonds is 7. The van der Waals surface area contributed by atoms with Gasteiger partial charge in [0.05, 0.1) is 12.1 Å². The number of hydrogen-bond donors (Lipinski definition) is 2. The number of benzene rings is 2. The Labute approximate surface area is 169 Å². The van der Waals surface area contributed by atoms with Gasteiger partial charge < -0.3 is 19.7 Å². The average Bonchev–Trinajstić information content (AvgIpc) is 2.74. The van der Waals surface area contributed by atoms with Gasteiger partial charge in [0.2, 0.25) is 11.7 Å². The van der Waals surface area contributed by atoms with Crippen LogP contribution >= 0.6 is 0 Å². The summed E-state index contributed by atoms with van der Waals surface area (Å²) < 4.78 is 7.01. The first-order chi connectivity index (χ1) is 14.0. The second kappa shape index (κ2) is 9.10. The summed E-state index contributed by atoms with van der Waals surface area (Å²) >= 11 is 0.